The van der Waals surface area contributed by atoms with Crippen molar-refractivity contribution >= 4 is 58.2 Å². The second-order valence-electron chi connectivity index (χ2n) is 17.0. The van der Waals surface area contributed by atoms with E-state index < -0.39 is 29.7 Å². The van der Waals surface area contributed by atoms with Crippen molar-refractivity contribution in [1.29, 1.82) is 0 Å². The lowest BCUT2D eigenvalue weighted by atomic mass is 9.84. The van der Waals surface area contributed by atoms with Crippen LogP contribution in [0.5, 0.6) is 0 Å². The van der Waals surface area contributed by atoms with Crippen molar-refractivity contribution < 1.29 is 24.0 Å². The number of carbonyl (C=O) groups is 5. The van der Waals surface area contributed by atoms with E-state index in [0.29, 0.717) is 34.2 Å². The molecule has 59 heavy (non-hydrogen) atoms. The lowest BCUT2D eigenvalue weighted by molar-refractivity contribution is -0.136. The smallest absolute Gasteiger partial charge is 0.262 e. The van der Waals surface area contributed by atoms with Crippen LogP contribution in [0.1, 0.15) is 105 Å². The van der Waals surface area contributed by atoms with Gasteiger partial charge in [0.15, 0.2) is 5.82 Å². The molecule has 14 nitrogen and oxygen atoms in total. The molecule has 5 amide bonds. The summed E-state index contributed by atoms with van der Waals surface area (Å²) in [5.41, 5.74) is 5.00. The van der Waals surface area contributed by atoms with Crippen molar-refractivity contribution in [1.82, 2.24) is 40.1 Å². The van der Waals surface area contributed by atoms with E-state index in [4.69, 9.17) is 11.6 Å². The molecule has 5 fully saturated rings. The molecule has 16 heteroatoms. The third-order valence-corrected chi connectivity index (χ3v) is 15.0. The fourth-order valence-corrected chi connectivity index (χ4v) is 11.6. The number of hydrogen-bond donors (Lipinski definition) is 2. The Morgan fingerprint density at radius 1 is 0.915 bits per heavy atom. The number of piperidine rings is 3. The Bertz CT molecular complexity index is 2410. The molecule has 0 aliphatic carbocycles. The molecule has 2 aromatic heterocycles. The lowest BCUT2D eigenvalue weighted by Crippen LogP contribution is -2.69. The molecule has 5 saturated heterocycles. The third kappa shape index (κ3) is 6.48. The number of hydrogen-bond acceptors (Lipinski definition) is 11. The molecule has 7 aliphatic rings. The van der Waals surface area contributed by atoms with Crippen LogP contribution in [0.15, 0.2) is 42.5 Å². The number of nitrogens with one attached hydrogen (secondary N) is 2. The summed E-state index contributed by atoms with van der Waals surface area (Å²) in [5, 5.41) is 17.0. The van der Waals surface area contributed by atoms with Gasteiger partial charge in [-0.05, 0) is 93.8 Å². The molecule has 0 spiro atoms. The van der Waals surface area contributed by atoms with E-state index in [0.717, 1.165) is 84.8 Å². The molecule has 2 N–H and O–H groups in total. The van der Waals surface area contributed by atoms with E-state index >= 15 is 0 Å². The van der Waals surface area contributed by atoms with E-state index in [1.807, 2.05) is 30.0 Å². The highest BCUT2D eigenvalue weighted by atomic mass is 35.5. The largest absolute Gasteiger partial charge is 0.368 e. The van der Waals surface area contributed by atoms with Crippen LogP contribution in [0, 0.1) is 26.7 Å². The van der Waals surface area contributed by atoms with Gasteiger partial charge in [0.05, 0.1) is 23.2 Å². The van der Waals surface area contributed by atoms with Crippen molar-refractivity contribution in [3.8, 4) is 5.00 Å². The molecule has 0 saturated carbocycles. The second kappa shape index (κ2) is 14.6. The highest BCUT2D eigenvalue weighted by molar-refractivity contribution is 7.14. The molecule has 7 aliphatic heterocycles. The van der Waals surface area contributed by atoms with Crippen LogP contribution < -0.4 is 15.5 Å². The number of fused-ring (bicyclic) bond motifs is 6. The van der Waals surface area contributed by atoms with Crippen LogP contribution in [-0.2, 0) is 14.4 Å². The molecule has 11 rings (SSSR count). The average molecular weight is 836 g/mol. The zero-order valence-corrected chi connectivity index (χ0v) is 34.8. The van der Waals surface area contributed by atoms with Crippen LogP contribution in [0.4, 0.5) is 5.69 Å². The van der Waals surface area contributed by atoms with Crippen LogP contribution in [0.3, 0.4) is 0 Å². The number of thiophene rings is 1. The summed E-state index contributed by atoms with van der Waals surface area (Å²) in [6, 6.07) is 12.7. The number of aryl methyl sites for hydroxylation is 2. The SMILES string of the molecule is Cc1sc2c(c1C)[C@H](c1ccc(Cl)cc1)NC(CC(=O)N1CCC(CN3C4CC3CN(c3ccc5c(c3)C(=O)N(C3CCC(=O)NC3=O)C5=O)C4)CC1)c1nnc(C)n1-2. The molecule has 306 valence electrons. The standard InChI is InChI=1S/C43H46ClN9O5S/c1-22-23(2)59-43-37(22)38(26-4-6-27(44)7-5-26)45-33(39-48-47-24(3)52(39)43)18-36(55)49-14-12-25(13-15-49)19-51-29-16-30(51)21-50(20-29)28-8-9-31-32(17-28)42(58)53(41(31)57)34-10-11-35(54)46-40(34)56/h4-9,17,25,29-30,33-34,38,45H,10-16,18-21H2,1-3H3,(H,46,54,56)/t29?,30?,33?,34?,38-/m0/s1. The maximum atomic E-state index is 14.1. The van der Waals surface area contributed by atoms with E-state index in [1.54, 1.807) is 23.5 Å². The van der Waals surface area contributed by atoms with Crippen molar-refractivity contribution in [2.24, 2.45) is 5.92 Å². The Labute approximate surface area is 350 Å². The molecule has 0 radical (unpaired) electrons. The third-order valence-electron chi connectivity index (χ3n) is 13.6. The van der Waals surface area contributed by atoms with Gasteiger partial charge in [0.25, 0.3) is 11.8 Å². The summed E-state index contributed by atoms with van der Waals surface area (Å²) in [6.45, 7) is 10.4. The Hall–Kier alpha value is -4.96. The zero-order chi connectivity index (χ0) is 40.9. The zero-order valence-electron chi connectivity index (χ0n) is 33.2. The highest BCUT2D eigenvalue weighted by Crippen LogP contribution is 2.44. The number of nitrogens with zero attached hydrogens (tertiary/aromatic N) is 7. The van der Waals surface area contributed by atoms with Gasteiger partial charge in [0.1, 0.15) is 16.9 Å². The number of imide groups is 2. The molecular formula is C43H46ClN9O5S. The molecule has 5 atom stereocenters. The van der Waals surface area contributed by atoms with E-state index in [1.165, 1.54) is 16.0 Å². The van der Waals surface area contributed by atoms with Crippen molar-refractivity contribution in [3.63, 3.8) is 0 Å². The lowest BCUT2D eigenvalue weighted by Gasteiger charge is -2.58. The van der Waals surface area contributed by atoms with Gasteiger partial charge in [-0.15, -0.1) is 21.5 Å². The van der Waals surface area contributed by atoms with E-state index in [9.17, 15) is 24.0 Å². The van der Waals surface area contributed by atoms with E-state index in [-0.39, 0.29) is 37.3 Å². The van der Waals surface area contributed by atoms with Crippen LogP contribution in [0.2, 0.25) is 5.02 Å². The number of likely N-dealkylation sites (tertiary alicyclic amines) is 1. The quantitative estimate of drug-likeness (QED) is 0.252. The average Bonchev–Trinajstić information content (AvgIpc) is 3.81. The minimum Gasteiger partial charge on any atom is -0.368 e. The van der Waals surface area contributed by atoms with Gasteiger partial charge in [-0.2, -0.15) is 0 Å². The van der Waals surface area contributed by atoms with Crippen LogP contribution >= 0.6 is 22.9 Å². The fourth-order valence-electron chi connectivity index (χ4n) is 10.2. The van der Waals surface area contributed by atoms with Crippen LogP contribution in [0.25, 0.3) is 5.00 Å². The first-order chi connectivity index (χ1) is 28.4. The first kappa shape index (κ1) is 38.3. The number of benzene rings is 2. The number of anilines is 1. The van der Waals surface area contributed by atoms with Crippen molar-refractivity contribution in [3.05, 3.63) is 91.8 Å². The predicted molar refractivity (Wildman–Crippen MR) is 221 cm³/mol. The topological polar surface area (TPSA) is 153 Å². The summed E-state index contributed by atoms with van der Waals surface area (Å²) in [7, 11) is 0. The fraction of sp³-hybridized carbons (Fsp3) is 0.465. The molecule has 4 unspecified atom stereocenters. The van der Waals surface area contributed by atoms with Gasteiger partial charge in [-0.3, -0.25) is 49.0 Å². The minimum absolute atomic E-state index is 0.0897. The van der Waals surface area contributed by atoms with Crippen molar-refractivity contribution in [2.45, 2.75) is 89.5 Å². The molecule has 9 heterocycles. The normalized spacial score (nSPS) is 25.7. The number of rotatable bonds is 7. The maximum Gasteiger partial charge on any atom is 0.262 e. The Kier molecular flexibility index (Phi) is 9.49. The Morgan fingerprint density at radius 3 is 2.37 bits per heavy atom. The van der Waals surface area contributed by atoms with Gasteiger partial charge in [-0.1, -0.05) is 23.7 Å². The number of piperazine rings is 1. The predicted octanol–water partition coefficient (Wildman–Crippen LogP) is 4.63. The summed E-state index contributed by atoms with van der Waals surface area (Å²) in [4.78, 5) is 74.2. The summed E-state index contributed by atoms with van der Waals surface area (Å²) in [5.74, 6) is 0.206. The van der Waals surface area contributed by atoms with Gasteiger partial charge in [0, 0.05) is 78.8 Å². The van der Waals surface area contributed by atoms with E-state index in [2.05, 4.69) is 61.2 Å². The number of carbonyl (C=O) groups excluding carboxylic acids is 5. The summed E-state index contributed by atoms with van der Waals surface area (Å²) in [6.07, 6.45) is 3.53. The first-order valence-electron chi connectivity index (χ1n) is 20.6. The summed E-state index contributed by atoms with van der Waals surface area (Å²) < 4.78 is 2.14. The number of halogens is 1. The Morgan fingerprint density at radius 2 is 1.64 bits per heavy atom. The molecule has 4 aromatic rings. The molecular weight excluding hydrogens is 790 g/mol. The van der Waals surface area contributed by atoms with Crippen molar-refractivity contribution in [2.75, 3.05) is 37.6 Å². The molecule has 2 aromatic carbocycles. The monoisotopic (exact) mass is 835 g/mol. The maximum absolute atomic E-state index is 14.1. The van der Waals surface area contributed by atoms with Crippen LogP contribution in [-0.4, -0.2) is 110 Å². The van der Waals surface area contributed by atoms with Gasteiger partial charge >= 0.3 is 0 Å². The molecule has 2 bridgehead atoms. The second-order valence-corrected chi connectivity index (χ2v) is 18.6. The number of aromatic nitrogens is 3. The first-order valence-corrected chi connectivity index (χ1v) is 21.8. The van der Waals surface area contributed by atoms with Gasteiger partial charge in [-0.25, -0.2) is 0 Å². The van der Waals surface area contributed by atoms with Gasteiger partial charge in [0.2, 0.25) is 17.7 Å². The minimum atomic E-state index is -0.979. The summed E-state index contributed by atoms with van der Waals surface area (Å²) >= 11 is 8.04. The number of amides is 5. The highest BCUT2D eigenvalue weighted by Gasteiger charge is 2.48. The Balaban J connectivity index is 0.764. The van der Waals surface area contributed by atoms with Gasteiger partial charge < -0.3 is 9.80 Å².